The van der Waals surface area contributed by atoms with Gasteiger partial charge in [0, 0.05) is 10.6 Å². The molecule has 0 aliphatic heterocycles. The van der Waals surface area contributed by atoms with Crippen molar-refractivity contribution in [2.24, 2.45) is 0 Å². The van der Waals surface area contributed by atoms with Crippen LogP contribution in [0.3, 0.4) is 0 Å². The van der Waals surface area contributed by atoms with Gasteiger partial charge in [-0.25, -0.2) is 0 Å². The summed E-state index contributed by atoms with van der Waals surface area (Å²) in [6.07, 6.45) is 0. The van der Waals surface area contributed by atoms with E-state index in [-0.39, 0.29) is 0 Å². The van der Waals surface area contributed by atoms with Crippen LogP contribution >= 0.6 is 46.7 Å². The monoisotopic (exact) mass is 245 g/mol. The molecule has 0 saturated carbocycles. The molecule has 0 bridgehead atoms. The third-order valence-corrected chi connectivity index (χ3v) is 3.90. The van der Waals surface area contributed by atoms with Crippen molar-refractivity contribution in [2.75, 3.05) is 0 Å². The van der Waals surface area contributed by atoms with Crippen molar-refractivity contribution in [3.63, 3.8) is 0 Å². The standard InChI is InChI=1S/C8H4ClNS3/c9-6-3-1-5(2-4-6)7-10-13-8(11)12-7/h1-4H. The van der Waals surface area contributed by atoms with Gasteiger partial charge in [0.25, 0.3) is 0 Å². The van der Waals surface area contributed by atoms with Gasteiger partial charge in [-0.2, -0.15) is 4.37 Å². The fourth-order valence-corrected chi connectivity index (χ4v) is 2.81. The normalized spacial score (nSPS) is 10.2. The maximum atomic E-state index is 5.77. The van der Waals surface area contributed by atoms with Crippen molar-refractivity contribution in [3.8, 4) is 10.6 Å². The van der Waals surface area contributed by atoms with Crippen molar-refractivity contribution in [1.29, 1.82) is 0 Å². The minimum absolute atomic E-state index is 0.738. The van der Waals surface area contributed by atoms with Gasteiger partial charge in [0.1, 0.15) is 5.01 Å². The molecule has 13 heavy (non-hydrogen) atoms. The van der Waals surface area contributed by atoms with Crippen molar-refractivity contribution in [1.82, 2.24) is 4.37 Å². The molecule has 0 aliphatic rings. The fourth-order valence-electron chi connectivity index (χ4n) is 0.899. The van der Waals surface area contributed by atoms with Gasteiger partial charge in [-0.3, -0.25) is 0 Å². The molecule has 0 spiro atoms. The number of benzene rings is 1. The van der Waals surface area contributed by atoms with Crippen LogP contribution in [0.4, 0.5) is 0 Å². The zero-order valence-corrected chi connectivity index (χ0v) is 9.56. The molecule has 0 fully saturated rings. The Labute approximate surface area is 93.8 Å². The SMILES string of the molecule is S=c1snc(-c2ccc(Cl)cc2)s1. The maximum Gasteiger partial charge on any atom is 0.164 e. The predicted molar refractivity (Wildman–Crippen MR) is 61.3 cm³/mol. The van der Waals surface area contributed by atoms with Crippen LogP contribution < -0.4 is 0 Å². The lowest BCUT2D eigenvalue weighted by Crippen LogP contribution is -1.72. The fraction of sp³-hybridized carbons (Fsp3) is 0. The first-order valence-corrected chi connectivity index (χ1v) is 5.86. The van der Waals surface area contributed by atoms with Gasteiger partial charge in [0.15, 0.2) is 3.14 Å². The van der Waals surface area contributed by atoms with Gasteiger partial charge in [-0.15, -0.1) is 0 Å². The molecule has 2 rings (SSSR count). The van der Waals surface area contributed by atoms with Crippen molar-refractivity contribution in [3.05, 3.63) is 32.4 Å². The first kappa shape index (κ1) is 9.27. The summed E-state index contributed by atoms with van der Waals surface area (Å²) in [4.78, 5) is 0. The van der Waals surface area contributed by atoms with Crippen molar-refractivity contribution >= 4 is 46.7 Å². The molecule has 0 aliphatic carbocycles. The van der Waals surface area contributed by atoms with E-state index in [1.807, 2.05) is 24.3 Å². The molecular formula is C8H4ClNS3. The number of hydrogen-bond acceptors (Lipinski definition) is 4. The van der Waals surface area contributed by atoms with Crippen molar-refractivity contribution in [2.45, 2.75) is 0 Å². The van der Waals surface area contributed by atoms with Crippen LogP contribution in [-0.2, 0) is 0 Å². The molecule has 2 aromatic rings. The first-order valence-electron chi connectivity index (χ1n) is 3.48. The van der Waals surface area contributed by atoms with Gasteiger partial charge >= 0.3 is 0 Å². The maximum absolute atomic E-state index is 5.77. The van der Waals surface area contributed by atoms with E-state index >= 15 is 0 Å². The largest absolute Gasteiger partial charge is 0.179 e. The summed E-state index contributed by atoms with van der Waals surface area (Å²) in [5.41, 5.74) is 1.07. The van der Waals surface area contributed by atoms with Crippen LogP contribution in [0.5, 0.6) is 0 Å². The van der Waals surface area contributed by atoms with Gasteiger partial charge in [-0.1, -0.05) is 47.3 Å². The van der Waals surface area contributed by atoms with E-state index in [9.17, 15) is 0 Å². The Kier molecular flexibility index (Phi) is 2.74. The lowest BCUT2D eigenvalue weighted by molar-refractivity contribution is 1.57. The van der Waals surface area contributed by atoms with E-state index in [1.54, 1.807) is 0 Å². The van der Waals surface area contributed by atoms with E-state index in [1.165, 1.54) is 22.9 Å². The number of halogens is 1. The Morgan fingerprint density at radius 2 is 1.92 bits per heavy atom. The predicted octanol–water partition coefficient (Wildman–Crippen LogP) is 4.25. The molecule has 5 heteroatoms. The Hall–Kier alpha value is -0.290. The molecule has 0 N–H and O–H groups in total. The number of nitrogens with zero attached hydrogens (tertiary/aromatic N) is 1. The zero-order chi connectivity index (χ0) is 9.26. The van der Waals surface area contributed by atoms with Gasteiger partial charge < -0.3 is 0 Å². The molecule has 0 unspecified atom stereocenters. The highest BCUT2D eigenvalue weighted by molar-refractivity contribution is 7.76. The van der Waals surface area contributed by atoms with Crippen LogP contribution in [0.1, 0.15) is 0 Å². The average Bonchev–Trinajstić information content (AvgIpc) is 2.53. The minimum Gasteiger partial charge on any atom is -0.179 e. The molecule has 1 aromatic carbocycles. The van der Waals surface area contributed by atoms with Gasteiger partial charge in [0.05, 0.1) is 0 Å². The number of rotatable bonds is 1. The van der Waals surface area contributed by atoms with Crippen LogP contribution in [0.15, 0.2) is 24.3 Å². The summed E-state index contributed by atoms with van der Waals surface area (Å²) in [6, 6.07) is 7.60. The molecule has 0 atom stereocenters. The highest BCUT2D eigenvalue weighted by atomic mass is 35.5. The second-order valence-electron chi connectivity index (χ2n) is 2.35. The molecule has 1 aromatic heterocycles. The zero-order valence-electron chi connectivity index (χ0n) is 6.36. The Morgan fingerprint density at radius 3 is 2.46 bits per heavy atom. The van der Waals surface area contributed by atoms with E-state index in [4.69, 9.17) is 23.8 Å². The Balaban J connectivity index is 2.47. The molecule has 1 heterocycles. The quantitative estimate of drug-likeness (QED) is 0.697. The number of aromatic nitrogens is 1. The minimum atomic E-state index is 0.738. The molecule has 1 nitrogen and oxygen atoms in total. The van der Waals surface area contributed by atoms with Crippen LogP contribution in [0.2, 0.25) is 5.02 Å². The topological polar surface area (TPSA) is 12.9 Å². The van der Waals surface area contributed by atoms with Gasteiger partial charge in [-0.05, 0) is 23.7 Å². The first-order chi connectivity index (χ1) is 6.25. The third kappa shape index (κ3) is 2.14. The summed E-state index contributed by atoms with van der Waals surface area (Å²) < 4.78 is 5.08. The summed E-state index contributed by atoms with van der Waals surface area (Å²) in [7, 11) is 0. The van der Waals surface area contributed by atoms with Gasteiger partial charge in [0.2, 0.25) is 0 Å². The average molecular weight is 246 g/mol. The van der Waals surface area contributed by atoms with Crippen LogP contribution in [-0.4, -0.2) is 4.37 Å². The smallest absolute Gasteiger partial charge is 0.164 e. The summed E-state index contributed by atoms with van der Waals surface area (Å²) in [6.45, 7) is 0. The Bertz CT molecular complexity index is 457. The van der Waals surface area contributed by atoms with E-state index in [0.29, 0.717) is 0 Å². The molecule has 0 radical (unpaired) electrons. The van der Waals surface area contributed by atoms with E-state index < -0.39 is 0 Å². The van der Waals surface area contributed by atoms with E-state index in [2.05, 4.69) is 4.37 Å². The van der Waals surface area contributed by atoms with E-state index in [0.717, 1.165) is 18.7 Å². The lowest BCUT2D eigenvalue weighted by Gasteiger charge is -1.93. The van der Waals surface area contributed by atoms with Crippen molar-refractivity contribution < 1.29 is 0 Å². The molecule has 0 amide bonds. The molecule has 66 valence electrons. The Morgan fingerprint density at radius 1 is 1.23 bits per heavy atom. The lowest BCUT2D eigenvalue weighted by atomic mass is 10.2. The highest BCUT2D eigenvalue weighted by Crippen LogP contribution is 2.26. The van der Waals surface area contributed by atoms with Crippen LogP contribution in [0, 0.1) is 3.14 Å². The summed E-state index contributed by atoms with van der Waals surface area (Å²) in [5.74, 6) is 0. The summed E-state index contributed by atoms with van der Waals surface area (Å²) in [5, 5.41) is 1.70. The summed E-state index contributed by atoms with van der Waals surface area (Å²) >= 11 is 13.7. The second-order valence-corrected chi connectivity index (χ2v) is 5.74. The molecular weight excluding hydrogens is 242 g/mol. The number of hydrogen-bond donors (Lipinski definition) is 0. The highest BCUT2D eigenvalue weighted by Gasteiger charge is 2.00. The van der Waals surface area contributed by atoms with Crippen LogP contribution in [0.25, 0.3) is 10.6 Å². The second kappa shape index (κ2) is 3.84. The molecule has 0 saturated heterocycles. The third-order valence-electron chi connectivity index (χ3n) is 1.47.